The molecule has 120 valence electrons. The lowest BCUT2D eigenvalue weighted by atomic mass is 10.2. The molecular weight excluding hydrogens is 306 g/mol. The van der Waals surface area contributed by atoms with Crippen molar-refractivity contribution in [2.75, 3.05) is 0 Å². The highest BCUT2D eigenvalue weighted by molar-refractivity contribution is 6.34. The number of nitrogens with zero attached hydrogens (tertiary/aromatic N) is 3. The standard InChI is InChI=1S/C15H14F2N4O2/c1-9-4-11(17)6-20-13(9)8-21(15(23)14(18)22)7-12-3-2-10(16)5-19-12/h2-6H,7-8H2,1H3,(H2,18,22). The molecule has 0 aliphatic rings. The van der Waals surface area contributed by atoms with Crippen molar-refractivity contribution in [1.29, 1.82) is 0 Å². The van der Waals surface area contributed by atoms with E-state index in [1.54, 1.807) is 6.92 Å². The number of hydrogen-bond acceptors (Lipinski definition) is 4. The molecule has 2 amide bonds. The molecule has 2 heterocycles. The fraction of sp³-hybridized carbons (Fsp3) is 0.200. The molecule has 0 atom stereocenters. The summed E-state index contributed by atoms with van der Waals surface area (Å²) in [6.45, 7) is 1.53. The Kier molecular flexibility index (Phi) is 4.95. The van der Waals surface area contributed by atoms with Crippen LogP contribution in [0.2, 0.25) is 0 Å². The lowest BCUT2D eigenvalue weighted by Crippen LogP contribution is -2.40. The number of nitrogens with two attached hydrogens (primary N) is 1. The zero-order valence-corrected chi connectivity index (χ0v) is 12.3. The Balaban J connectivity index is 2.25. The molecule has 0 saturated heterocycles. The minimum atomic E-state index is -1.13. The van der Waals surface area contributed by atoms with E-state index in [9.17, 15) is 18.4 Å². The number of aromatic nitrogens is 2. The zero-order chi connectivity index (χ0) is 17.0. The fourth-order valence-corrected chi connectivity index (χ4v) is 1.97. The van der Waals surface area contributed by atoms with Crippen molar-refractivity contribution >= 4 is 11.8 Å². The van der Waals surface area contributed by atoms with Crippen LogP contribution in [0.25, 0.3) is 0 Å². The maximum absolute atomic E-state index is 13.1. The average Bonchev–Trinajstić information content (AvgIpc) is 2.50. The van der Waals surface area contributed by atoms with Crippen LogP contribution in [0.5, 0.6) is 0 Å². The van der Waals surface area contributed by atoms with Gasteiger partial charge in [0.2, 0.25) is 0 Å². The molecule has 0 aromatic carbocycles. The summed E-state index contributed by atoms with van der Waals surface area (Å²) >= 11 is 0. The molecule has 0 radical (unpaired) electrons. The smallest absolute Gasteiger partial charge is 0.312 e. The van der Waals surface area contributed by atoms with Crippen molar-refractivity contribution in [3.05, 3.63) is 59.2 Å². The first-order valence-corrected chi connectivity index (χ1v) is 6.67. The van der Waals surface area contributed by atoms with Crippen LogP contribution in [0, 0.1) is 18.6 Å². The lowest BCUT2D eigenvalue weighted by Gasteiger charge is -2.21. The SMILES string of the molecule is Cc1cc(F)cnc1CN(Cc1ccc(F)cn1)C(=O)C(N)=O. The van der Waals surface area contributed by atoms with E-state index < -0.39 is 23.4 Å². The first kappa shape index (κ1) is 16.5. The van der Waals surface area contributed by atoms with Crippen LogP contribution in [0.4, 0.5) is 8.78 Å². The van der Waals surface area contributed by atoms with Gasteiger partial charge in [0.15, 0.2) is 0 Å². The third-order valence-electron chi connectivity index (χ3n) is 3.13. The van der Waals surface area contributed by atoms with Gasteiger partial charge >= 0.3 is 11.8 Å². The Morgan fingerprint density at radius 1 is 1.13 bits per heavy atom. The van der Waals surface area contributed by atoms with Crippen LogP contribution in [0.3, 0.4) is 0 Å². The van der Waals surface area contributed by atoms with Gasteiger partial charge in [0.05, 0.1) is 36.9 Å². The monoisotopic (exact) mass is 320 g/mol. The first-order chi connectivity index (χ1) is 10.9. The van der Waals surface area contributed by atoms with E-state index in [-0.39, 0.29) is 13.1 Å². The number of halogens is 2. The second kappa shape index (κ2) is 6.91. The molecule has 23 heavy (non-hydrogen) atoms. The molecule has 2 N–H and O–H groups in total. The zero-order valence-electron chi connectivity index (χ0n) is 12.3. The van der Waals surface area contributed by atoms with Gasteiger partial charge in [0, 0.05) is 0 Å². The minimum Gasteiger partial charge on any atom is -0.361 e. The number of aryl methyl sites for hydroxylation is 1. The Hall–Kier alpha value is -2.90. The summed E-state index contributed by atoms with van der Waals surface area (Å²) in [5.74, 6) is -3.08. The highest BCUT2D eigenvalue weighted by Gasteiger charge is 2.21. The average molecular weight is 320 g/mol. The van der Waals surface area contributed by atoms with Crippen LogP contribution >= 0.6 is 0 Å². The fourth-order valence-electron chi connectivity index (χ4n) is 1.97. The van der Waals surface area contributed by atoms with Crippen molar-refractivity contribution in [2.24, 2.45) is 5.73 Å². The normalized spacial score (nSPS) is 10.4. The van der Waals surface area contributed by atoms with E-state index in [4.69, 9.17) is 5.73 Å². The van der Waals surface area contributed by atoms with Crippen molar-refractivity contribution in [1.82, 2.24) is 14.9 Å². The molecule has 6 nitrogen and oxygen atoms in total. The second-order valence-corrected chi connectivity index (χ2v) is 4.91. The topological polar surface area (TPSA) is 89.2 Å². The van der Waals surface area contributed by atoms with Crippen molar-refractivity contribution in [3.8, 4) is 0 Å². The maximum atomic E-state index is 13.1. The molecule has 0 fully saturated rings. The first-order valence-electron chi connectivity index (χ1n) is 6.67. The predicted octanol–water partition coefficient (Wildman–Crippen LogP) is 1.08. The number of hydrogen-bond donors (Lipinski definition) is 1. The Morgan fingerprint density at radius 2 is 1.83 bits per heavy atom. The van der Waals surface area contributed by atoms with Gasteiger partial charge in [0.1, 0.15) is 11.6 Å². The van der Waals surface area contributed by atoms with Gasteiger partial charge in [-0.2, -0.15) is 0 Å². The van der Waals surface area contributed by atoms with E-state index >= 15 is 0 Å². The molecular formula is C15H14F2N4O2. The molecule has 0 bridgehead atoms. The molecule has 2 aromatic heterocycles. The van der Waals surface area contributed by atoms with Gasteiger partial charge in [-0.15, -0.1) is 0 Å². The summed E-state index contributed by atoms with van der Waals surface area (Å²) in [4.78, 5) is 32.0. The van der Waals surface area contributed by atoms with E-state index in [1.165, 1.54) is 18.2 Å². The van der Waals surface area contributed by atoms with Crippen molar-refractivity contribution < 1.29 is 18.4 Å². The van der Waals surface area contributed by atoms with E-state index in [0.717, 1.165) is 17.3 Å². The Morgan fingerprint density at radius 3 is 2.39 bits per heavy atom. The molecule has 2 rings (SSSR count). The van der Waals surface area contributed by atoms with Crippen molar-refractivity contribution in [2.45, 2.75) is 20.0 Å². The largest absolute Gasteiger partial charge is 0.361 e. The second-order valence-electron chi connectivity index (χ2n) is 4.91. The number of rotatable bonds is 4. The van der Waals surface area contributed by atoms with Crippen LogP contribution in [0.15, 0.2) is 30.6 Å². The Labute approximate surface area is 131 Å². The number of carbonyl (C=O) groups is 2. The minimum absolute atomic E-state index is 0.0487. The quantitative estimate of drug-likeness (QED) is 0.854. The third-order valence-corrected chi connectivity index (χ3v) is 3.13. The van der Waals surface area contributed by atoms with Crippen LogP contribution in [-0.2, 0) is 22.7 Å². The maximum Gasteiger partial charge on any atom is 0.312 e. The summed E-state index contributed by atoms with van der Waals surface area (Å²) in [6, 6.07) is 3.85. The number of primary amides is 1. The summed E-state index contributed by atoms with van der Waals surface area (Å²) in [5, 5.41) is 0. The summed E-state index contributed by atoms with van der Waals surface area (Å²) < 4.78 is 26.0. The van der Waals surface area contributed by atoms with Gasteiger partial charge in [-0.05, 0) is 30.7 Å². The van der Waals surface area contributed by atoms with Crippen molar-refractivity contribution in [3.63, 3.8) is 0 Å². The number of amides is 2. The molecule has 8 heteroatoms. The third kappa shape index (κ3) is 4.29. The van der Waals surface area contributed by atoms with E-state index in [1.807, 2.05) is 0 Å². The summed E-state index contributed by atoms with van der Waals surface area (Å²) in [6.07, 6.45) is 2.02. The van der Waals surface area contributed by atoms with E-state index in [0.29, 0.717) is 17.0 Å². The molecule has 2 aromatic rings. The van der Waals surface area contributed by atoms with Crippen LogP contribution in [-0.4, -0.2) is 26.7 Å². The highest BCUT2D eigenvalue weighted by atomic mass is 19.1. The van der Waals surface area contributed by atoms with E-state index in [2.05, 4.69) is 9.97 Å². The van der Waals surface area contributed by atoms with Gasteiger partial charge in [0.25, 0.3) is 0 Å². The predicted molar refractivity (Wildman–Crippen MR) is 76.6 cm³/mol. The summed E-state index contributed by atoms with van der Waals surface area (Å²) in [7, 11) is 0. The number of carbonyl (C=O) groups excluding carboxylic acids is 2. The lowest BCUT2D eigenvalue weighted by molar-refractivity contribution is -0.145. The van der Waals surface area contributed by atoms with Crippen LogP contribution < -0.4 is 5.73 Å². The molecule has 0 aliphatic heterocycles. The van der Waals surface area contributed by atoms with Crippen LogP contribution in [0.1, 0.15) is 17.0 Å². The van der Waals surface area contributed by atoms with Gasteiger partial charge in [-0.25, -0.2) is 8.78 Å². The molecule has 0 unspecified atom stereocenters. The molecule has 0 aliphatic carbocycles. The van der Waals surface area contributed by atoms with Gasteiger partial charge in [-0.1, -0.05) is 0 Å². The van der Waals surface area contributed by atoms with Gasteiger partial charge < -0.3 is 10.6 Å². The van der Waals surface area contributed by atoms with Gasteiger partial charge in [-0.3, -0.25) is 19.6 Å². The molecule has 0 saturated carbocycles. The Bertz CT molecular complexity index is 735. The highest BCUT2D eigenvalue weighted by Crippen LogP contribution is 2.12. The summed E-state index contributed by atoms with van der Waals surface area (Å²) in [5.41, 5.74) is 6.36. The molecule has 0 spiro atoms. The number of pyridine rings is 2.